The lowest BCUT2D eigenvalue weighted by atomic mass is 9.89. The Hall–Kier alpha value is -1.68. The highest BCUT2D eigenvalue weighted by Gasteiger charge is 2.27. The lowest BCUT2D eigenvalue weighted by molar-refractivity contribution is -0.137. The van der Waals surface area contributed by atoms with E-state index in [2.05, 4.69) is 13.0 Å². The number of rotatable bonds is 12. The molecule has 0 unspecified atom stereocenters. The molecule has 0 amide bonds. The fourth-order valence-corrected chi connectivity index (χ4v) is 2.86. The molecule has 0 aromatic rings. The number of carboxylic acids is 1. The minimum absolute atomic E-state index is 0.0329. The smallest absolute Gasteiger partial charge is 0.303 e. The Morgan fingerprint density at radius 2 is 2.08 bits per heavy atom. The van der Waals surface area contributed by atoms with Crippen LogP contribution in [0, 0.1) is 11.8 Å². The highest BCUT2D eigenvalue weighted by molar-refractivity contribution is 5.94. The van der Waals surface area contributed by atoms with Gasteiger partial charge in [0.15, 0.2) is 5.78 Å². The summed E-state index contributed by atoms with van der Waals surface area (Å²) in [5.74, 6) is -0.992. The Kier molecular flexibility index (Phi) is 10.0. The number of hydrogen-bond acceptors (Lipinski definition) is 3. The van der Waals surface area contributed by atoms with Crippen LogP contribution in [0.4, 0.5) is 0 Å². The lowest BCUT2D eigenvalue weighted by Gasteiger charge is -2.14. The molecule has 0 radical (unpaired) electrons. The van der Waals surface area contributed by atoms with E-state index < -0.39 is 12.1 Å². The number of hydrogen-bond donors (Lipinski definition) is 2. The number of aliphatic hydroxyl groups excluding tert-OH is 1. The van der Waals surface area contributed by atoms with Crippen LogP contribution in [0.1, 0.15) is 58.3 Å². The van der Waals surface area contributed by atoms with E-state index in [9.17, 15) is 14.7 Å². The second kappa shape index (κ2) is 11.8. The predicted molar refractivity (Wildman–Crippen MR) is 95.7 cm³/mol. The molecular weight excluding hydrogens is 304 g/mol. The van der Waals surface area contributed by atoms with Gasteiger partial charge >= 0.3 is 5.97 Å². The van der Waals surface area contributed by atoms with Crippen LogP contribution in [0.2, 0.25) is 0 Å². The first kappa shape index (κ1) is 20.4. The normalized spacial score (nSPS) is 22.0. The van der Waals surface area contributed by atoms with Gasteiger partial charge in [-0.3, -0.25) is 9.59 Å². The fraction of sp³-hybridized carbons (Fsp3) is 0.600. The maximum Gasteiger partial charge on any atom is 0.303 e. The van der Waals surface area contributed by atoms with Gasteiger partial charge in [0.05, 0.1) is 6.10 Å². The molecule has 0 aromatic heterocycles. The number of aliphatic carboxylic acids is 1. The van der Waals surface area contributed by atoms with Crippen LogP contribution in [0.15, 0.2) is 36.5 Å². The summed E-state index contributed by atoms with van der Waals surface area (Å²) in [6.45, 7) is 2.18. The van der Waals surface area contributed by atoms with Crippen molar-refractivity contribution in [2.45, 2.75) is 64.4 Å². The van der Waals surface area contributed by atoms with Gasteiger partial charge in [-0.05, 0) is 38.2 Å². The second-order valence-electron chi connectivity index (χ2n) is 6.39. The number of allylic oxidation sites excluding steroid dienone is 4. The Morgan fingerprint density at radius 3 is 2.79 bits per heavy atom. The van der Waals surface area contributed by atoms with Crippen LogP contribution in [0.3, 0.4) is 0 Å². The molecule has 0 heterocycles. The van der Waals surface area contributed by atoms with Crippen molar-refractivity contribution in [3.63, 3.8) is 0 Å². The van der Waals surface area contributed by atoms with Crippen molar-refractivity contribution in [1.82, 2.24) is 0 Å². The van der Waals surface area contributed by atoms with Gasteiger partial charge in [0.1, 0.15) is 0 Å². The molecule has 0 bridgehead atoms. The minimum Gasteiger partial charge on any atom is -0.481 e. The van der Waals surface area contributed by atoms with Crippen molar-refractivity contribution in [2.75, 3.05) is 0 Å². The van der Waals surface area contributed by atoms with Crippen LogP contribution in [0.5, 0.6) is 0 Å². The van der Waals surface area contributed by atoms with E-state index in [1.807, 2.05) is 18.2 Å². The molecule has 134 valence electrons. The minimum atomic E-state index is -0.832. The van der Waals surface area contributed by atoms with Crippen LogP contribution >= 0.6 is 0 Å². The van der Waals surface area contributed by atoms with E-state index in [-0.39, 0.29) is 24.0 Å². The molecule has 4 nitrogen and oxygen atoms in total. The average molecular weight is 334 g/mol. The monoisotopic (exact) mass is 334 g/mol. The first-order valence-corrected chi connectivity index (χ1v) is 8.99. The predicted octanol–water partition coefficient (Wildman–Crippen LogP) is 4.06. The number of unbranched alkanes of at least 4 members (excludes halogenated alkanes) is 3. The molecule has 0 saturated carbocycles. The lowest BCUT2D eigenvalue weighted by Crippen LogP contribution is -2.15. The van der Waals surface area contributed by atoms with E-state index in [1.165, 1.54) is 19.3 Å². The van der Waals surface area contributed by atoms with Crippen LogP contribution in [0.25, 0.3) is 0 Å². The SMILES string of the molecule is CCCCC/C=C\C[C@H](O)/C=C/[C@H]1C=CC(=O)[C@@H]1CCCC(=O)O. The number of aliphatic hydroxyl groups is 1. The topological polar surface area (TPSA) is 74.6 Å². The third-order valence-corrected chi connectivity index (χ3v) is 4.29. The maximum atomic E-state index is 11.9. The molecule has 24 heavy (non-hydrogen) atoms. The van der Waals surface area contributed by atoms with Gasteiger partial charge in [0, 0.05) is 18.3 Å². The summed E-state index contributed by atoms with van der Waals surface area (Å²) in [5, 5.41) is 18.7. The molecule has 0 spiro atoms. The first-order chi connectivity index (χ1) is 11.5. The standard InChI is InChI=1S/C20H30O4/c1-2-3-4-5-6-7-9-17(21)14-12-16-13-15-19(22)18(16)10-8-11-20(23)24/h6-7,12-18,21H,2-5,8-11H2,1H3,(H,23,24)/b7-6-,14-12+/t16-,17-,18+/m0/s1. The fourth-order valence-electron chi connectivity index (χ4n) is 2.86. The van der Waals surface area contributed by atoms with E-state index in [0.717, 1.165) is 6.42 Å². The third-order valence-electron chi connectivity index (χ3n) is 4.29. The highest BCUT2D eigenvalue weighted by atomic mass is 16.4. The number of carboxylic acid groups (broad SMARTS) is 1. The van der Waals surface area contributed by atoms with Gasteiger partial charge in [-0.15, -0.1) is 0 Å². The summed E-state index contributed by atoms with van der Waals surface area (Å²) in [6, 6.07) is 0. The van der Waals surface area contributed by atoms with Crippen molar-refractivity contribution in [3.05, 3.63) is 36.5 Å². The molecule has 0 saturated heterocycles. The van der Waals surface area contributed by atoms with E-state index >= 15 is 0 Å². The third kappa shape index (κ3) is 8.25. The summed E-state index contributed by atoms with van der Waals surface area (Å²) in [6.07, 6.45) is 17.0. The van der Waals surface area contributed by atoms with Crippen LogP contribution < -0.4 is 0 Å². The second-order valence-corrected chi connectivity index (χ2v) is 6.39. The molecule has 2 N–H and O–H groups in total. The molecule has 3 atom stereocenters. The summed E-state index contributed by atoms with van der Waals surface area (Å²) in [5.41, 5.74) is 0. The van der Waals surface area contributed by atoms with Gasteiger partial charge < -0.3 is 10.2 Å². The average Bonchev–Trinajstić information content (AvgIpc) is 2.89. The Morgan fingerprint density at radius 1 is 1.29 bits per heavy atom. The van der Waals surface area contributed by atoms with E-state index in [4.69, 9.17) is 5.11 Å². The van der Waals surface area contributed by atoms with Gasteiger partial charge in [-0.1, -0.05) is 50.1 Å². The van der Waals surface area contributed by atoms with E-state index in [1.54, 1.807) is 12.2 Å². The Labute approximate surface area is 145 Å². The molecule has 4 heteroatoms. The van der Waals surface area contributed by atoms with Crippen molar-refractivity contribution in [2.24, 2.45) is 11.8 Å². The summed E-state index contributed by atoms with van der Waals surface area (Å²) in [7, 11) is 0. The largest absolute Gasteiger partial charge is 0.481 e. The van der Waals surface area contributed by atoms with Crippen molar-refractivity contribution in [3.8, 4) is 0 Å². The number of carbonyl (C=O) groups is 2. The van der Waals surface area contributed by atoms with E-state index in [0.29, 0.717) is 19.3 Å². The zero-order valence-electron chi connectivity index (χ0n) is 14.6. The maximum absolute atomic E-state index is 11.9. The van der Waals surface area contributed by atoms with Gasteiger partial charge in [-0.25, -0.2) is 0 Å². The Balaban J connectivity index is 2.36. The van der Waals surface area contributed by atoms with Crippen LogP contribution in [-0.2, 0) is 9.59 Å². The zero-order chi connectivity index (χ0) is 17.8. The molecule has 0 aliphatic heterocycles. The Bertz CT molecular complexity index is 476. The first-order valence-electron chi connectivity index (χ1n) is 8.99. The van der Waals surface area contributed by atoms with Crippen molar-refractivity contribution in [1.29, 1.82) is 0 Å². The number of ketones is 1. The van der Waals surface area contributed by atoms with Crippen molar-refractivity contribution >= 4 is 11.8 Å². The van der Waals surface area contributed by atoms with Gasteiger partial charge in [-0.2, -0.15) is 0 Å². The summed E-state index contributed by atoms with van der Waals surface area (Å²) < 4.78 is 0. The van der Waals surface area contributed by atoms with Crippen molar-refractivity contribution < 1.29 is 19.8 Å². The zero-order valence-corrected chi connectivity index (χ0v) is 14.6. The molecule has 0 aromatic carbocycles. The van der Waals surface area contributed by atoms with Gasteiger partial charge in [0.25, 0.3) is 0 Å². The molecule has 1 aliphatic rings. The van der Waals surface area contributed by atoms with Gasteiger partial charge in [0.2, 0.25) is 0 Å². The summed E-state index contributed by atoms with van der Waals surface area (Å²) in [4.78, 5) is 22.4. The molecular formula is C20H30O4. The number of carbonyl (C=O) groups excluding carboxylic acids is 1. The molecule has 0 fully saturated rings. The highest BCUT2D eigenvalue weighted by Crippen LogP contribution is 2.28. The summed E-state index contributed by atoms with van der Waals surface area (Å²) >= 11 is 0. The molecule has 1 rings (SSSR count). The van der Waals surface area contributed by atoms with Crippen LogP contribution in [-0.4, -0.2) is 28.1 Å². The molecule has 1 aliphatic carbocycles. The quantitative estimate of drug-likeness (QED) is 0.417.